The highest BCUT2D eigenvalue weighted by Crippen LogP contribution is 2.29. The second-order valence-electron chi connectivity index (χ2n) is 6.35. The van der Waals surface area contributed by atoms with E-state index in [0.717, 1.165) is 38.9 Å². The zero-order chi connectivity index (χ0) is 19.2. The van der Waals surface area contributed by atoms with Gasteiger partial charge in [-0.1, -0.05) is 20.3 Å². The van der Waals surface area contributed by atoms with Crippen LogP contribution in [0.1, 0.15) is 33.1 Å². The molecule has 0 bridgehead atoms. The number of nitrogens with zero attached hydrogens (tertiary/aromatic N) is 3. The normalized spacial score (nSPS) is 16.0. The lowest BCUT2D eigenvalue weighted by molar-refractivity contribution is -0.384. The van der Waals surface area contributed by atoms with Crippen LogP contribution in [-0.2, 0) is 10.0 Å². The van der Waals surface area contributed by atoms with Crippen LogP contribution in [0.4, 0.5) is 11.4 Å². The van der Waals surface area contributed by atoms with E-state index < -0.39 is 14.9 Å². The van der Waals surface area contributed by atoms with E-state index >= 15 is 0 Å². The van der Waals surface area contributed by atoms with Crippen molar-refractivity contribution < 1.29 is 13.3 Å². The largest absolute Gasteiger partial charge is 0.378 e. The minimum Gasteiger partial charge on any atom is -0.378 e. The van der Waals surface area contributed by atoms with Crippen LogP contribution in [0, 0.1) is 10.1 Å². The summed E-state index contributed by atoms with van der Waals surface area (Å²) in [5.74, 6) is 0. The maximum absolute atomic E-state index is 12.7. The van der Waals surface area contributed by atoms with E-state index in [1.165, 1.54) is 22.5 Å². The lowest BCUT2D eigenvalue weighted by Crippen LogP contribution is -2.35. The number of likely N-dealkylation sites (N-methyl/N-ethyl adjacent to an activating group) is 1. The molecule has 26 heavy (non-hydrogen) atoms. The van der Waals surface area contributed by atoms with Gasteiger partial charge in [-0.05, 0) is 38.1 Å². The van der Waals surface area contributed by atoms with E-state index in [-0.39, 0.29) is 10.6 Å². The molecule has 8 nitrogen and oxygen atoms in total. The molecule has 2 rings (SSSR count). The van der Waals surface area contributed by atoms with Crippen LogP contribution in [0.2, 0.25) is 0 Å². The van der Waals surface area contributed by atoms with Crippen molar-refractivity contribution in [2.45, 2.75) is 38.0 Å². The Kier molecular flexibility index (Phi) is 7.36. The maximum Gasteiger partial charge on any atom is 0.293 e. The van der Waals surface area contributed by atoms with Gasteiger partial charge < -0.3 is 10.2 Å². The number of anilines is 1. The van der Waals surface area contributed by atoms with Gasteiger partial charge in [0.15, 0.2) is 0 Å². The molecule has 0 atom stereocenters. The molecule has 0 radical (unpaired) electrons. The third-order valence-corrected chi connectivity index (χ3v) is 6.65. The van der Waals surface area contributed by atoms with E-state index in [1.54, 1.807) is 0 Å². The Morgan fingerprint density at radius 2 is 1.85 bits per heavy atom. The first-order valence-electron chi connectivity index (χ1n) is 9.15. The molecular weight excluding hydrogens is 356 g/mol. The van der Waals surface area contributed by atoms with Crippen LogP contribution < -0.4 is 5.32 Å². The number of rotatable bonds is 9. The van der Waals surface area contributed by atoms with Gasteiger partial charge in [-0.2, -0.15) is 4.31 Å². The second-order valence-corrected chi connectivity index (χ2v) is 8.29. The summed E-state index contributed by atoms with van der Waals surface area (Å²) >= 11 is 0. The third kappa shape index (κ3) is 4.93. The Balaban J connectivity index is 2.18. The molecule has 0 saturated carbocycles. The topological polar surface area (TPSA) is 95.8 Å². The molecule has 1 heterocycles. The smallest absolute Gasteiger partial charge is 0.293 e. The van der Waals surface area contributed by atoms with Crippen LogP contribution in [0.5, 0.6) is 0 Å². The predicted octanol–water partition coefficient (Wildman–Crippen LogP) is 2.52. The molecule has 0 unspecified atom stereocenters. The van der Waals surface area contributed by atoms with Crippen LogP contribution in [-0.4, -0.2) is 61.8 Å². The van der Waals surface area contributed by atoms with Gasteiger partial charge in [-0.25, -0.2) is 8.42 Å². The van der Waals surface area contributed by atoms with Crippen molar-refractivity contribution >= 4 is 21.4 Å². The van der Waals surface area contributed by atoms with Crippen molar-refractivity contribution in [2.75, 3.05) is 44.6 Å². The Bertz CT molecular complexity index is 713. The van der Waals surface area contributed by atoms with Gasteiger partial charge in [-0.15, -0.1) is 0 Å². The van der Waals surface area contributed by atoms with Crippen molar-refractivity contribution in [1.82, 2.24) is 9.21 Å². The molecule has 9 heteroatoms. The highest BCUT2D eigenvalue weighted by atomic mass is 32.2. The number of nitro groups is 1. The van der Waals surface area contributed by atoms with Crippen molar-refractivity contribution in [2.24, 2.45) is 0 Å². The lowest BCUT2D eigenvalue weighted by Gasteiger charge is -2.25. The average Bonchev–Trinajstić information content (AvgIpc) is 2.65. The highest BCUT2D eigenvalue weighted by molar-refractivity contribution is 7.89. The molecule has 0 aliphatic carbocycles. The molecule has 1 N–H and O–H groups in total. The fraction of sp³-hybridized carbons (Fsp3) is 0.647. The Morgan fingerprint density at radius 1 is 1.19 bits per heavy atom. The number of sulfonamides is 1. The van der Waals surface area contributed by atoms with Crippen molar-refractivity contribution in [3.8, 4) is 0 Å². The molecule has 1 aliphatic rings. The summed E-state index contributed by atoms with van der Waals surface area (Å²) in [6.45, 7) is 8.21. The van der Waals surface area contributed by atoms with E-state index in [1.807, 2.05) is 0 Å². The highest BCUT2D eigenvalue weighted by Gasteiger charge is 2.28. The predicted molar refractivity (Wildman–Crippen MR) is 102 cm³/mol. The average molecular weight is 385 g/mol. The summed E-state index contributed by atoms with van der Waals surface area (Å²) in [7, 11) is -3.68. The first-order valence-corrected chi connectivity index (χ1v) is 10.6. The first-order chi connectivity index (χ1) is 12.4. The quantitative estimate of drug-likeness (QED) is 0.519. The van der Waals surface area contributed by atoms with Crippen LogP contribution in [0.15, 0.2) is 23.1 Å². The Labute approximate surface area is 155 Å². The molecule has 1 aromatic carbocycles. The third-order valence-electron chi connectivity index (χ3n) is 4.76. The molecule has 1 fully saturated rings. The summed E-state index contributed by atoms with van der Waals surface area (Å²) in [6.07, 6.45) is 2.67. The zero-order valence-electron chi connectivity index (χ0n) is 15.5. The summed E-state index contributed by atoms with van der Waals surface area (Å²) in [5, 5.41) is 14.5. The lowest BCUT2D eigenvalue weighted by atomic mass is 10.2. The van der Waals surface area contributed by atoms with Gasteiger partial charge in [-0.3, -0.25) is 10.1 Å². The fourth-order valence-corrected chi connectivity index (χ4v) is 4.65. The van der Waals surface area contributed by atoms with Crippen LogP contribution >= 0.6 is 0 Å². The van der Waals surface area contributed by atoms with Gasteiger partial charge in [0.1, 0.15) is 5.69 Å². The van der Waals surface area contributed by atoms with Crippen molar-refractivity contribution in [1.29, 1.82) is 0 Å². The molecule has 1 aliphatic heterocycles. The molecule has 146 valence electrons. The monoisotopic (exact) mass is 384 g/mol. The number of hydrogen-bond acceptors (Lipinski definition) is 6. The summed E-state index contributed by atoms with van der Waals surface area (Å²) < 4.78 is 26.9. The molecule has 1 aromatic rings. The molecule has 0 spiro atoms. The Morgan fingerprint density at radius 3 is 2.42 bits per heavy atom. The van der Waals surface area contributed by atoms with Gasteiger partial charge in [0, 0.05) is 32.2 Å². The summed E-state index contributed by atoms with van der Waals surface area (Å²) in [6, 6.07) is 4.12. The number of nitro benzene ring substituents is 1. The zero-order valence-corrected chi connectivity index (χ0v) is 16.3. The molecule has 1 saturated heterocycles. The van der Waals surface area contributed by atoms with Gasteiger partial charge in [0.2, 0.25) is 10.0 Å². The second kappa shape index (κ2) is 9.29. The van der Waals surface area contributed by atoms with E-state index in [0.29, 0.717) is 25.3 Å². The van der Waals surface area contributed by atoms with Crippen LogP contribution in [0.25, 0.3) is 0 Å². The van der Waals surface area contributed by atoms with Gasteiger partial charge in [0.05, 0.1) is 9.82 Å². The Hall–Kier alpha value is -1.71. The molecule has 0 amide bonds. The maximum atomic E-state index is 12.7. The number of nitrogens with one attached hydrogen (secondary N) is 1. The number of hydrogen-bond donors (Lipinski definition) is 1. The minimum absolute atomic E-state index is 0.0135. The first kappa shape index (κ1) is 20.6. The molecular formula is C17H28N4O4S. The summed E-state index contributed by atoms with van der Waals surface area (Å²) in [5.41, 5.74) is 0.141. The van der Waals surface area contributed by atoms with Crippen molar-refractivity contribution in [3.05, 3.63) is 28.3 Å². The fourth-order valence-electron chi connectivity index (χ4n) is 3.12. The number of benzene rings is 1. The van der Waals surface area contributed by atoms with Crippen LogP contribution in [0.3, 0.4) is 0 Å². The van der Waals surface area contributed by atoms with Crippen molar-refractivity contribution in [3.63, 3.8) is 0 Å². The van der Waals surface area contributed by atoms with E-state index in [2.05, 4.69) is 24.1 Å². The van der Waals surface area contributed by atoms with Gasteiger partial charge >= 0.3 is 0 Å². The van der Waals surface area contributed by atoms with E-state index in [9.17, 15) is 18.5 Å². The standard InChI is InChI=1S/C17H28N4O4S/c1-3-19(4-2)13-10-18-16-9-8-15(14-17(16)21(22)23)26(24,25)20-11-6-5-7-12-20/h8-9,14,18H,3-7,10-13H2,1-2H3. The summed E-state index contributed by atoms with van der Waals surface area (Å²) in [4.78, 5) is 13.1. The minimum atomic E-state index is -3.68. The SMILES string of the molecule is CCN(CC)CCNc1ccc(S(=O)(=O)N2CCCCC2)cc1[N+](=O)[O-]. The number of piperidine rings is 1. The molecule has 0 aromatic heterocycles. The van der Waals surface area contributed by atoms with Gasteiger partial charge in [0.25, 0.3) is 5.69 Å². The van der Waals surface area contributed by atoms with E-state index in [4.69, 9.17) is 0 Å².